The standard InChI is InChI=1S/C21H24FN5O2/c1-13-10-26-12-24-19(18(28)9-21(2,3)4)17(26)11-27(13)20(29)25-14-6-7-15(22)16(8-14)23-5/h6-8,12-13H,9-11H2,1-4H3,(H,25,29)/t13-/m0/s1. The van der Waals surface area contributed by atoms with E-state index in [9.17, 15) is 14.0 Å². The zero-order chi connectivity index (χ0) is 21.3. The molecular formula is C21H24FN5O2. The maximum atomic E-state index is 13.5. The molecule has 7 nitrogen and oxygen atoms in total. The number of hydrogen-bond donors (Lipinski definition) is 1. The van der Waals surface area contributed by atoms with E-state index in [2.05, 4.69) is 15.1 Å². The lowest BCUT2D eigenvalue weighted by atomic mass is 9.88. The van der Waals surface area contributed by atoms with E-state index in [1.165, 1.54) is 12.1 Å². The minimum Gasteiger partial charge on any atom is -0.330 e. The lowest BCUT2D eigenvalue weighted by Crippen LogP contribution is -2.46. The van der Waals surface area contributed by atoms with Crippen molar-refractivity contribution >= 4 is 23.2 Å². The van der Waals surface area contributed by atoms with Crippen molar-refractivity contribution in [2.24, 2.45) is 5.41 Å². The van der Waals surface area contributed by atoms with E-state index >= 15 is 0 Å². The number of carbonyl (C=O) groups excluding carboxylic acids is 2. The van der Waals surface area contributed by atoms with Crippen LogP contribution in [0.4, 0.5) is 20.6 Å². The topological polar surface area (TPSA) is 71.6 Å². The predicted molar refractivity (Wildman–Crippen MR) is 107 cm³/mol. The van der Waals surface area contributed by atoms with Gasteiger partial charge < -0.3 is 14.8 Å². The van der Waals surface area contributed by atoms with E-state index in [1.54, 1.807) is 11.2 Å². The Morgan fingerprint density at radius 2 is 2.10 bits per heavy atom. The normalized spacial score (nSPS) is 16.1. The highest BCUT2D eigenvalue weighted by Gasteiger charge is 2.32. The fraction of sp³-hybridized carbons (Fsp3) is 0.429. The molecular weight excluding hydrogens is 373 g/mol. The summed E-state index contributed by atoms with van der Waals surface area (Å²) in [6, 6.07) is 3.38. The minimum absolute atomic E-state index is 0.0404. The summed E-state index contributed by atoms with van der Waals surface area (Å²) in [7, 11) is 0. The molecule has 0 spiro atoms. The van der Waals surface area contributed by atoms with Gasteiger partial charge in [0.2, 0.25) is 5.69 Å². The molecule has 1 atom stereocenters. The number of Topliss-reactive ketones (excluding diaryl/α,β-unsaturated/α-hetero) is 1. The first-order chi connectivity index (χ1) is 13.6. The van der Waals surface area contributed by atoms with Gasteiger partial charge in [0.25, 0.3) is 0 Å². The van der Waals surface area contributed by atoms with Gasteiger partial charge in [-0.2, -0.15) is 0 Å². The molecule has 1 aromatic heterocycles. The molecule has 1 aliphatic rings. The molecule has 152 valence electrons. The number of hydrogen-bond acceptors (Lipinski definition) is 3. The van der Waals surface area contributed by atoms with Gasteiger partial charge in [-0.15, -0.1) is 0 Å². The molecule has 1 aliphatic heterocycles. The molecule has 29 heavy (non-hydrogen) atoms. The molecule has 1 aromatic carbocycles. The average molecular weight is 397 g/mol. The second-order valence-corrected chi connectivity index (χ2v) is 8.54. The van der Waals surface area contributed by atoms with Gasteiger partial charge >= 0.3 is 6.03 Å². The fourth-order valence-corrected chi connectivity index (χ4v) is 3.37. The number of carbonyl (C=O) groups is 2. The Morgan fingerprint density at radius 3 is 2.76 bits per heavy atom. The number of fused-ring (bicyclic) bond motifs is 1. The molecule has 2 amide bonds. The number of anilines is 1. The van der Waals surface area contributed by atoms with Crippen LogP contribution in [0.1, 0.15) is 50.3 Å². The molecule has 0 saturated carbocycles. The van der Waals surface area contributed by atoms with E-state index in [0.29, 0.717) is 30.0 Å². The SMILES string of the molecule is [C-]#[N+]c1cc(NC(=O)N2Cc3c(C(=O)CC(C)(C)C)ncn3C[C@@H]2C)ccc1F. The van der Waals surface area contributed by atoms with Crippen LogP contribution in [0.5, 0.6) is 0 Å². The van der Waals surface area contributed by atoms with Crippen LogP contribution in [0.2, 0.25) is 0 Å². The van der Waals surface area contributed by atoms with Gasteiger partial charge in [-0.05, 0) is 30.5 Å². The first kappa shape index (κ1) is 20.5. The minimum atomic E-state index is -0.629. The zero-order valence-corrected chi connectivity index (χ0v) is 17.0. The fourth-order valence-electron chi connectivity index (χ4n) is 3.37. The van der Waals surface area contributed by atoms with Crippen LogP contribution >= 0.6 is 0 Å². The maximum absolute atomic E-state index is 13.5. The Bertz CT molecular complexity index is 999. The highest BCUT2D eigenvalue weighted by molar-refractivity contribution is 5.96. The lowest BCUT2D eigenvalue weighted by Gasteiger charge is -2.34. The highest BCUT2D eigenvalue weighted by Crippen LogP contribution is 2.27. The number of urea groups is 1. The monoisotopic (exact) mass is 397 g/mol. The number of imidazole rings is 1. The van der Waals surface area contributed by atoms with Gasteiger partial charge in [-0.3, -0.25) is 4.79 Å². The smallest absolute Gasteiger partial charge is 0.322 e. The molecule has 1 N–H and O–H groups in total. The Morgan fingerprint density at radius 1 is 1.38 bits per heavy atom. The number of ketones is 1. The number of nitrogens with one attached hydrogen (secondary N) is 1. The molecule has 0 unspecified atom stereocenters. The third kappa shape index (κ3) is 4.45. The second kappa shape index (κ2) is 7.66. The second-order valence-electron chi connectivity index (χ2n) is 8.54. The van der Waals surface area contributed by atoms with Crippen molar-refractivity contribution < 1.29 is 14.0 Å². The number of halogens is 1. The third-order valence-electron chi connectivity index (χ3n) is 4.79. The highest BCUT2D eigenvalue weighted by atomic mass is 19.1. The lowest BCUT2D eigenvalue weighted by molar-refractivity contribution is 0.0930. The summed E-state index contributed by atoms with van der Waals surface area (Å²) in [5, 5.41) is 2.72. The number of rotatable bonds is 3. The van der Waals surface area contributed by atoms with Crippen LogP contribution in [-0.2, 0) is 13.1 Å². The molecule has 2 heterocycles. The van der Waals surface area contributed by atoms with Crippen LogP contribution in [0, 0.1) is 17.8 Å². The summed E-state index contributed by atoms with van der Waals surface area (Å²) in [5.41, 5.74) is 1.16. The largest absolute Gasteiger partial charge is 0.330 e. The molecule has 0 bridgehead atoms. The van der Waals surface area contributed by atoms with Gasteiger partial charge in [0.1, 0.15) is 11.5 Å². The van der Waals surface area contributed by atoms with Crippen molar-refractivity contribution in [2.45, 2.75) is 53.2 Å². The number of nitrogens with zero attached hydrogens (tertiary/aromatic N) is 4. The van der Waals surface area contributed by atoms with Gasteiger partial charge in [0.05, 0.1) is 25.1 Å². The van der Waals surface area contributed by atoms with Crippen LogP contribution in [-0.4, -0.2) is 32.3 Å². The Kier molecular flexibility index (Phi) is 5.42. The summed E-state index contributed by atoms with van der Waals surface area (Å²) >= 11 is 0. The van der Waals surface area contributed by atoms with E-state index in [4.69, 9.17) is 6.57 Å². The Hall–Kier alpha value is -3.21. The number of benzene rings is 1. The van der Waals surface area contributed by atoms with Gasteiger partial charge in [-0.25, -0.2) is 19.0 Å². The van der Waals surface area contributed by atoms with Crippen LogP contribution < -0.4 is 5.32 Å². The van der Waals surface area contributed by atoms with Crippen molar-refractivity contribution in [1.29, 1.82) is 0 Å². The Labute approximate surface area is 169 Å². The third-order valence-corrected chi connectivity index (χ3v) is 4.79. The molecule has 3 rings (SSSR count). The zero-order valence-electron chi connectivity index (χ0n) is 17.0. The van der Waals surface area contributed by atoms with Gasteiger partial charge in [0, 0.05) is 24.7 Å². The van der Waals surface area contributed by atoms with Crippen molar-refractivity contribution in [3.8, 4) is 0 Å². The number of aromatic nitrogens is 2. The van der Waals surface area contributed by atoms with E-state index in [1.807, 2.05) is 32.3 Å². The maximum Gasteiger partial charge on any atom is 0.322 e. The predicted octanol–water partition coefficient (Wildman–Crippen LogP) is 4.63. The first-order valence-corrected chi connectivity index (χ1v) is 9.41. The van der Waals surface area contributed by atoms with Crippen molar-refractivity contribution in [3.05, 3.63) is 53.1 Å². The molecule has 0 fully saturated rings. The first-order valence-electron chi connectivity index (χ1n) is 9.41. The van der Waals surface area contributed by atoms with E-state index in [0.717, 1.165) is 6.07 Å². The van der Waals surface area contributed by atoms with Crippen molar-refractivity contribution in [2.75, 3.05) is 5.32 Å². The summed E-state index contributed by atoms with van der Waals surface area (Å²) in [4.78, 5) is 34.6. The van der Waals surface area contributed by atoms with E-state index in [-0.39, 0.29) is 35.5 Å². The molecule has 0 radical (unpaired) electrons. The molecule has 8 heteroatoms. The van der Waals surface area contributed by atoms with Crippen LogP contribution in [0.15, 0.2) is 24.5 Å². The van der Waals surface area contributed by atoms with Crippen LogP contribution in [0.25, 0.3) is 4.85 Å². The summed E-state index contributed by atoms with van der Waals surface area (Å²) in [6.45, 7) is 15.7. The van der Waals surface area contributed by atoms with Crippen molar-refractivity contribution in [1.82, 2.24) is 14.5 Å². The Balaban J connectivity index is 1.80. The summed E-state index contributed by atoms with van der Waals surface area (Å²) < 4.78 is 15.4. The number of amides is 2. The van der Waals surface area contributed by atoms with Gasteiger partial charge in [0.15, 0.2) is 5.78 Å². The average Bonchev–Trinajstić information content (AvgIpc) is 3.03. The summed E-state index contributed by atoms with van der Waals surface area (Å²) in [6.07, 6.45) is 2.02. The molecule has 0 aliphatic carbocycles. The van der Waals surface area contributed by atoms with Crippen molar-refractivity contribution in [3.63, 3.8) is 0 Å². The molecule has 0 saturated heterocycles. The molecule has 2 aromatic rings. The van der Waals surface area contributed by atoms with E-state index < -0.39 is 5.82 Å². The van der Waals surface area contributed by atoms with Crippen LogP contribution in [0.3, 0.4) is 0 Å². The quantitative estimate of drug-likeness (QED) is 0.606. The van der Waals surface area contributed by atoms with Gasteiger partial charge in [-0.1, -0.05) is 20.8 Å². The summed E-state index contributed by atoms with van der Waals surface area (Å²) in [5.74, 6) is -0.670.